The van der Waals surface area contributed by atoms with Crippen molar-refractivity contribution in [2.45, 2.75) is 12.8 Å². The third-order valence-electron chi connectivity index (χ3n) is 3.19. The molecule has 0 bridgehead atoms. The van der Waals surface area contributed by atoms with Gasteiger partial charge in [-0.05, 0) is 31.0 Å². The monoisotopic (exact) mass is 382 g/mol. The molecular formula is C16H16BrFN2O3. The summed E-state index contributed by atoms with van der Waals surface area (Å²) in [6.07, 6.45) is 2.67. The summed E-state index contributed by atoms with van der Waals surface area (Å²) >= 11 is 3.29. The predicted octanol–water partition coefficient (Wildman–Crippen LogP) is 3.41. The quantitative estimate of drug-likeness (QED) is 0.565. The van der Waals surface area contributed by atoms with Gasteiger partial charge in [0.05, 0.1) is 24.7 Å². The van der Waals surface area contributed by atoms with E-state index in [4.69, 9.17) is 9.47 Å². The van der Waals surface area contributed by atoms with Gasteiger partial charge in [0.25, 0.3) is 0 Å². The highest BCUT2D eigenvalue weighted by atomic mass is 79.9. The van der Waals surface area contributed by atoms with Crippen LogP contribution in [0.5, 0.6) is 0 Å². The fourth-order valence-corrected chi connectivity index (χ4v) is 2.43. The molecule has 1 aromatic heterocycles. The third-order valence-corrected chi connectivity index (χ3v) is 3.69. The second kappa shape index (κ2) is 8.12. The molecule has 0 radical (unpaired) electrons. The maximum absolute atomic E-state index is 14.0. The van der Waals surface area contributed by atoms with E-state index in [9.17, 15) is 9.18 Å². The van der Waals surface area contributed by atoms with Gasteiger partial charge in [0.1, 0.15) is 5.82 Å². The van der Waals surface area contributed by atoms with Crippen molar-refractivity contribution in [2.24, 2.45) is 0 Å². The smallest absolute Gasteiger partial charge is 0.358 e. The molecule has 0 aliphatic rings. The fourth-order valence-electron chi connectivity index (χ4n) is 2.06. The molecule has 0 aliphatic heterocycles. The van der Waals surface area contributed by atoms with Gasteiger partial charge in [-0.1, -0.05) is 15.9 Å². The number of halogens is 2. The Morgan fingerprint density at radius 2 is 2.13 bits per heavy atom. The first kappa shape index (κ1) is 17.5. The second-order valence-electron chi connectivity index (χ2n) is 4.76. The van der Waals surface area contributed by atoms with E-state index in [1.54, 1.807) is 19.2 Å². The Bertz CT molecular complexity index is 710. The zero-order valence-electron chi connectivity index (χ0n) is 12.8. The maximum Gasteiger partial charge on any atom is 0.358 e. The zero-order chi connectivity index (χ0) is 16.8. The number of carbonyl (C=O) groups excluding carboxylic acids is 1. The number of hydrogen-bond acceptors (Lipinski definition) is 5. The highest BCUT2D eigenvalue weighted by molar-refractivity contribution is 9.10. The van der Waals surface area contributed by atoms with E-state index in [-0.39, 0.29) is 17.0 Å². The summed E-state index contributed by atoms with van der Waals surface area (Å²) in [6.45, 7) is 0.546. The minimum atomic E-state index is -0.595. The molecule has 0 spiro atoms. The van der Waals surface area contributed by atoms with Gasteiger partial charge in [0.15, 0.2) is 5.69 Å². The number of nitrogens with zero attached hydrogens (tertiary/aromatic N) is 2. The van der Waals surface area contributed by atoms with Crippen LogP contribution < -0.4 is 0 Å². The average molecular weight is 383 g/mol. The highest BCUT2D eigenvalue weighted by Gasteiger charge is 2.18. The van der Waals surface area contributed by atoms with Crippen molar-refractivity contribution in [2.75, 3.05) is 20.8 Å². The number of hydrogen-bond donors (Lipinski definition) is 0. The molecule has 23 heavy (non-hydrogen) atoms. The Labute approximate surface area is 142 Å². The topological polar surface area (TPSA) is 61.3 Å². The summed E-state index contributed by atoms with van der Waals surface area (Å²) in [4.78, 5) is 20.5. The number of aromatic nitrogens is 2. The summed E-state index contributed by atoms with van der Waals surface area (Å²) in [6, 6.07) is 4.50. The predicted molar refractivity (Wildman–Crippen MR) is 86.7 cm³/mol. The normalized spacial score (nSPS) is 10.6. The van der Waals surface area contributed by atoms with Crippen LogP contribution in [-0.2, 0) is 15.9 Å². The molecule has 0 unspecified atom stereocenters. The molecule has 1 heterocycles. The van der Waals surface area contributed by atoms with Crippen LogP contribution in [0.2, 0.25) is 0 Å². The molecule has 0 fully saturated rings. The Morgan fingerprint density at radius 3 is 2.83 bits per heavy atom. The first-order valence-electron chi connectivity index (χ1n) is 6.95. The van der Waals surface area contributed by atoms with Crippen molar-refractivity contribution in [1.82, 2.24) is 9.97 Å². The largest absolute Gasteiger partial charge is 0.464 e. The lowest BCUT2D eigenvalue weighted by Gasteiger charge is -2.09. The number of aryl methyl sites for hydroxylation is 1. The first-order chi connectivity index (χ1) is 11.1. The lowest BCUT2D eigenvalue weighted by Crippen LogP contribution is -2.12. The van der Waals surface area contributed by atoms with Gasteiger partial charge in [-0.25, -0.2) is 14.2 Å². The lowest BCUT2D eigenvalue weighted by atomic mass is 10.1. The summed E-state index contributed by atoms with van der Waals surface area (Å²) in [5.41, 5.74) is 1.15. The number of esters is 1. The minimum Gasteiger partial charge on any atom is -0.464 e. The van der Waals surface area contributed by atoms with Crippen molar-refractivity contribution in [3.05, 3.63) is 46.1 Å². The van der Waals surface area contributed by atoms with Crippen LogP contribution in [-0.4, -0.2) is 36.8 Å². The van der Waals surface area contributed by atoms with E-state index < -0.39 is 11.8 Å². The molecule has 2 aromatic rings. The Balaban J connectivity index is 2.43. The lowest BCUT2D eigenvalue weighted by molar-refractivity contribution is 0.0591. The van der Waals surface area contributed by atoms with Crippen LogP contribution in [0.4, 0.5) is 4.39 Å². The van der Waals surface area contributed by atoms with Gasteiger partial charge in [-0.15, -0.1) is 0 Å². The zero-order valence-corrected chi connectivity index (χ0v) is 14.4. The van der Waals surface area contributed by atoms with E-state index in [2.05, 4.69) is 25.9 Å². The molecule has 0 atom stereocenters. The van der Waals surface area contributed by atoms with Crippen molar-refractivity contribution >= 4 is 21.9 Å². The molecule has 0 amide bonds. The molecule has 0 saturated carbocycles. The highest BCUT2D eigenvalue weighted by Crippen LogP contribution is 2.25. The van der Waals surface area contributed by atoms with Crippen molar-refractivity contribution < 1.29 is 18.7 Å². The van der Waals surface area contributed by atoms with Gasteiger partial charge in [0.2, 0.25) is 0 Å². The van der Waals surface area contributed by atoms with Gasteiger partial charge in [0, 0.05) is 23.8 Å². The molecule has 0 saturated heterocycles. The Hall–Kier alpha value is -1.86. The summed E-state index contributed by atoms with van der Waals surface area (Å²) in [7, 11) is 2.88. The number of benzene rings is 1. The molecule has 5 nitrogen and oxygen atoms in total. The second-order valence-corrected chi connectivity index (χ2v) is 5.68. The van der Waals surface area contributed by atoms with Crippen LogP contribution in [0.15, 0.2) is 28.9 Å². The molecule has 122 valence electrons. The first-order valence-corrected chi connectivity index (χ1v) is 7.74. The van der Waals surface area contributed by atoms with E-state index in [1.807, 2.05) is 0 Å². The van der Waals surface area contributed by atoms with Crippen LogP contribution in [0.3, 0.4) is 0 Å². The number of rotatable bonds is 6. The van der Waals surface area contributed by atoms with E-state index in [1.165, 1.54) is 19.4 Å². The van der Waals surface area contributed by atoms with Crippen molar-refractivity contribution in [3.63, 3.8) is 0 Å². The standard InChI is InChI=1S/C16H16BrFN2O3/c1-22-7-3-4-13-15(16(21)23-2)20-14(9-19-13)11-8-10(17)5-6-12(11)18/h5-6,8-9H,3-4,7H2,1-2H3. The van der Waals surface area contributed by atoms with Gasteiger partial charge >= 0.3 is 5.97 Å². The van der Waals surface area contributed by atoms with E-state index in [0.29, 0.717) is 29.6 Å². The SMILES string of the molecule is COCCCc1ncc(-c2cc(Br)ccc2F)nc1C(=O)OC. The van der Waals surface area contributed by atoms with Crippen LogP contribution in [0, 0.1) is 5.82 Å². The maximum atomic E-state index is 14.0. The Kier molecular flexibility index (Phi) is 6.18. The van der Waals surface area contributed by atoms with Crippen LogP contribution in [0.25, 0.3) is 11.3 Å². The number of methoxy groups -OCH3 is 2. The number of ether oxygens (including phenoxy) is 2. The van der Waals surface area contributed by atoms with Crippen molar-refractivity contribution in [3.8, 4) is 11.3 Å². The third kappa shape index (κ3) is 4.33. The van der Waals surface area contributed by atoms with Gasteiger partial charge < -0.3 is 9.47 Å². The summed E-state index contributed by atoms with van der Waals surface area (Å²) < 4.78 is 24.5. The summed E-state index contributed by atoms with van der Waals surface area (Å²) in [5.74, 6) is -1.03. The number of carbonyl (C=O) groups is 1. The van der Waals surface area contributed by atoms with Crippen molar-refractivity contribution in [1.29, 1.82) is 0 Å². The van der Waals surface area contributed by atoms with Gasteiger partial charge in [-0.3, -0.25) is 4.98 Å². The Morgan fingerprint density at radius 1 is 1.35 bits per heavy atom. The van der Waals surface area contributed by atoms with Gasteiger partial charge in [-0.2, -0.15) is 0 Å². The molecule has 2 rings (SSSR count). The molecule has 0 N–H and O–H groups in total. The summed E-state index contributed by atoms with van der Waals surface area (Å²) in [5, 5.41) is 0. The van der Waals surface area contributed by atoms with E-state index >= 15 is 0 Å². The van der Waals surface area contributed by atoms with Crippen LogP contribution >= 0.6 is 15.9 Å². The fraction of sp³-hybridized carbons (Fsp3) is 0.312. The average Bonchev–Trinajstić information content (AvgIpc) is 2.57. The van der Waals surface area contributed by atoms with E-state index in [0.717, 1.165) is 0 Å². The minimum absolute atomic E-state index is 0.0977. The molecular weight excluding hydrogens is 367 g/mol. The molecule has 1 aromatic carbocycles. The molecule has 7 heteroatoms. The molecule has 0 aliphatic carbocycles. The van der Waals surface area contributed by atoms with Crippen LogP contribution in [0.1, 0.15) is 22.6 Å².